The lowest BCUT2D eigenvalue weighted by atomic mass is 10.2. The Labute approximate surface area is 84.1 Å². The third-order valence-corrected chi connectivity index (χ3v) is 2.59. The van der Waals surface area contributed by atoms with Gasteiger partial charge in [0.15, 0.2) is 0 Å². The van der Waals surface area contributed by atoms with E-state index in [2.05, 4.69) is 10.4 Å². The summed E-state index contributed by atoms with van der Waals surface area (Å²) in [5.74, 6) is 0. The van der Waals surface area contributed by atoms with Gasteiger partial charge in [-0.2, -0.15) is 5.10 Å². The number of hydrogen-bond donors (Lipinski definition) is 1. The Morgan fingerprint density at radius 2 is 2.23 bits per heavy atom. The summed E-state index contributed by atoms with van der Waals surface area (Å²) in [6.45, 7) is 2.95. The first-order chi connectivity index (χ1) is 6.16. The van der Waals surface area contributed by atoms with E-state index in [-0.39, 0.29) is 0 Å². The third-order valence-electron chi connectivity index (χ3n) is 2.10. The highest BCUT2D eigenvalue weighted by atomic mass is 35.5. The van der Waals surface area contributed by atoms with Gasteiger partial charge in [-0.15, -0.1) is 0 Å². The summed E-state index contributed by atoms with van der Waals surface area (Å²) >= 11 is 6.09. The number of nitrogens with one attached hydrogen (secondary N) is 1. The Morgan fingerprint density at radius 1 is 1.54 bits per heavy atom. The van der Waals surface area contributed by atoms with Crippen LogP contribution in [0, 0.1) is 6.92 Å². The fourth-order valence-corrected chi connectivity index (χ4v) is 1.64. The van der Waals surface area contributed by atoms with Gasteiger partial charge < -0.3 is 5.32 Å². The second-order valence-electron chi connectivity index (χ2n) is 3.18. The molecule has 1 rings (SSSR count). The summed E-state index contributed by atoms with van der Waals surface area (Å²) in [5, 5.41) is 8.18. The molecular formula is C9H16ClN3. The Bertz CT molecular complexity index is 281. The average molecular weight is 202 g/mol. The van der Waals surface area contributed by atoms with E-state index in [1.165, 1.54) is 0 Å². The van der Waals surface area contributed by atoms with Gasteiger partial charge in [-0.1, -0.05) is 11.6 Å². The molecule has 0 saturated heterocycles. The molecule has 4 heteroatoms. The number of halogens is 1. The molecule has 0 aliphatic heterocycles. The van der Waals surface area contributed by atoms with Crippen molar-refractivity contribution in [3.05, 3.63) is 16.4 Å². The molecule has 0 atom stereocenters. The molecule has 0 aromatic carbocycles. The molecule has 1 N–H and O–H groups in total. The van der Waals surface area contributed by atoms with Gasteiger partial charge >= 0.3 is 0 Å². The van der Waals surface area contributed by atoms with E-state index in [4.69, 9.17) is 11.6 Å². The summed E-state index contributed by atoms with van der Waals surface area (Å²) in [6.07, 6.45) is 2.08. The minimum Gasteiger partial charge on any atom is -0.320 e. The molecule has 0 aliphatic carbocycles. The van der Waals surface area contributed by atoms with Crippen LogP contribution in [0.1, 0.15) is 17.8 Å². The Morgan fingerprint density at radius 3 is 2.69 bits per heavy atom. The zero-order valence-corrected chi connectivity index (χ0v) is 9.15. The van der Waals surface area contributed by atoms with E-state index < -0.39 is 0 Å². The first-order valence-electron chi connectivity index (χ1n) is 4.49. The van der Waals surface area contributed by atoms with Crippen molar-refractivity contribution in [3.8, 4) is 0 Å². The zero-order chi connectivity index (χ0) is 9.84. The van der Waals surface area contributed by atoms with Gasteiger partial charge in [0.25, 0.3) is 0 Å². The highest BCUT2D eigenvalue weighted by Crippen LogP contribution is 2.20. The molecule has 1 heterocycles. The molecule has 0 aliphatic rings. The number of aromatic nitrogens is 2. The fourth-order valence-electron chi connectivity index (χ4n) is 1.38. The Balaban J connectivity index is 2.64. The molecule has 0 spiro atoms. The van der Waals surface area contributed by atoms with Crippen molar-refractivity contribution in [1.82, 2.24) is 15.1 Å². The van der Waals surface area contributed by atoms with E-state index >= 15 is 0 Å². The van der Waals surface area contributed by atoms with Gasteiger partial charge in [0.1, 0.15) is 0 Å². The predicted molar refractivity (Wildman–Crippen MR) is 55.2 cm³/mol. The van der Waals surface area contributed by atoms with Crippen LogP contribution < -0.4 is 5.32 Å². The van der Waals surface area contributed by atoms with Gasteiger partial charge in [0.05, 0.1) is 16.4 Å². The van der Waals surface area contributed by atoms with Crippen LogP contribution in [-0.4, -0.2) is 23.4 Å². The highest BCUT2D eigenvalue weighted by molar-refractivity contribution is 6.31. The molecule has 0 bridgehead atoms. The molecule has 0 amide bonds. The number of rotatable bonds is 4. The second-order valence-corrected chi connectivity index (χ2v) is 3.55. The van der Waals surface area contributed by atoms with Gasteiger partial charge in [-0.05, 0) is 33.4 Å². The summed E-state index contributed by atoms with van der Waals surface area (Å²) in [6, 6.07) is 0. The fraction of sp³-hybridized carbons (Fsp3) is 0.667. The molecule has 0 radical (unpaired) electrons. The molecule has 0 saturated carbocycles. The van der Waals surface area contributed by atoms with Crippen LogP contribution in [0.4, 0.5) is 0 Å². The monoisotopic (exact) mass is 201 g/mol. The van der Waals surface area contributed by atoms with E-state index in [9.17, 15) is 0 Å². The molecule has 13 heavy (non-hydrogen) atoms. The van der Waals surface area contributed by atoms with Gasteiger partial charge in [-0.25, -0.2) is 0 Å². The van der Waals surface area contributed by atoms with Crippen molar-refractivity contribution < 1.29 is 0 Å². The number of hydrogen-bond acceptors (Lipinski definition) is 2. The second kappa shape index (κ2) is 4.63. The Kier molecular flexibility index (Phi) is 3.75. The summed E-state index contributed by atoms with van der Waals surface area (Å²) in [7, 11) is 3.89. The van der Waals surface area contributed by atoms with E-state index in [0.717, 1.165) is 35.8 Å². The molecular weight excluding hydrogens is 186 g/mol. The van der Waals surface area contributed by atoms with Crippen LogP contribution in [0.2, 0.25) is 5.02 Å². The first kappa shape index (κ1) is 10.5. The van der Waals surface area contributed by atoms with Crippen molar-refractivity contribution in [1.29, 1.82) is 0 Å². The molecule has 74 valence electrons. The predicted octanol–water partition coefficient (Wildman–Crippen LogP) is 1.53. The maximum atomic E-state index is 6.09. The molecule has 1 aromatic rings. The van der Waals surface area contributed by atoms with E-state index in [0.29, 0.717) is 0 Å². The van der Waals surface area contributed by atoms with Crippen LogP contribution in [0.3, 0.4) is 0 Å². The summed E-state index contributed by atoms with van der Waals surface area (Å²) < 4.78 is 1.87. The minimum atomic E-state index is 0.818. The van der Waals surface area contributed by atoms with Crippen LogP contribution in [0.5, 0.6) is 0 Å². The highest BCUT2D eigenvalue weighted by Gasteiger charge is 2.09. The molecule has 3 nitrogen and oxygen atoms in total. The third kappa shape index (κ3) is 2.45. The average Bonchev–Trinajstić information content (AvgIpc) is 2.32. The van der Waals surface area contributed by atoms with Gasteiger partial charge in [0, 0.05) is 7.05 Å². The van der Waals surface area contributed by atoms with E-state index in [1.54, 1.807) is 0 Å². The number of aryl methyl sites for hydroxylation is 2. The molecule has 1 aromatic heterocycles. The quantitative estimate of drug-likeness (QED) is 0.749. The van der Waals surface area contributed by atoms with Gasteiger partial charge in [-0.3, -0.25) is 4.68 Å². The van der Waals surface area contributed by atoms with E-state index in [1.807, 2.05) is 25.7 Å². The maximum absolute atomic E-state index is 6.09. The largest absolute Gasteiger partial charge is 0.320 e. The van der Waals surface area contributed by atoms with Crippen LogP contribution in [-0.2, 0) is 13.5 Å². The van der Waals surface area contributed by atoms with Crippen molar-refractivity contribution >= 4 is 11.6 Å². The van der Waals surface area contributed by atoms with Crippen LogP contribution in [0.15, 0.2) is 0 Å². The summed E-state index contributed by atoms with van der Waals surface area (Å²) in [5.41, 5.74) is 2.05. The maximum Gasteiger partial charge on any atom is 0.0846 e. The lowest BCUT2D eigenvalue weighted by Crippen LogP contribution is -2.09. The van der Waals surface area contributed by atoms with Crippen molar-refractivity contribution in [2.75, 3.05) is 13.6 Å². The molecule has 0 fully saturated rings. The topological polar surface area (TPSA) is 29.9 Å². The number of nitrogens with zero attached hydrogens (tertiary/aromatic N) is 2. The van der Waals surface area contributed by atoms with Gasteiger partial charge in [0.2, 0.25) is 0 Å². The molecule has 0 unspecified atom stereocenters. The Hall–Kier alpha value is -0.540. The first-order valence-corrected chi connectivity index (χ1v) is 4.87. The normalized spacial score (nSPS) is 10.8. The van der Waals surface area contributed by atoms with Crippen LogP contribution in [0.25, 0.3) is 0 Å². The standard InChI is InChI=1S/C9H16ClN3/c1-7-9(10)8(13(3)12-7)5-4-6-11-2/h11H,4-6H2,1-3H3. The smallest absolute Gasteiger partial charge is 0.0846 e. The lowest BCUT2D eigenvalue weighted by molar-refractivity contribution is 0.657. The van der Waals surface area contributed by atoms with Crippen molar-refractivity contribution in [3.63, 3.8) is 0 Å². The SMILES string of the molecule is CNCCCc1c(Cl)c(C)nn1C. The zero-order valence-electron chi connectivity index (χ0n) is 8.39. The minimum absolute atomic E-state index is 0.818. The van der Waals surface area contributed by atoms with Crippen molar-refractivity contribution in [2.24, 2.45) is 7.05 Å². The van der Waals surface area contributed by atoms with Crippen molar-refractivity contribution in [2.45, 2.75) is 19.8 Å². The van der Waals surface area contributed by atoms with Crippen LogP contribution >= 0.6 is 11.6 Å². The lowest BCUT2D eigenvalue weighted by Gasteiger charge is -2.01. The summed E-state index contributed by atoms with van der Waals surface area (Å²) in [4.78, 5) is 0.